The number of anilines is 1. The summed E-state index contributed by atoms with van der Waals surface area (Å²) in [6, 6.07) is 8.10. The van der Waals surface area contributed by atoms with E-state index in [9.17, 15) is 14.0 Å². The predicted octanol–water partition coefficient (Wildman–Crippen LogP) is 3.29. The van der Waals surface area contributed by atoms with E-state index in [0.29, 0.717) is 17.2 Å². The maximum atomic E-state index is 13.2. The first kappa shape index (κ1) is 18.5. The molecule has 0 aliphatic heterocycles. The summed E-state index contributed by atoms with van der Waals surface area (Å²) in [5, 5.41) is 2.57. The first-order chi connectivity index (χ1) is 11.9. The van der Waals surface area contributed by atoms with Crippen LogP contribution in [0.15, 0.2) is 36.4 Å². The van der Waals surface area contributed by atoms with Crippen LogP contribution in [0.4, 0.5) is 10.1 Å². The number of carbonyl (C=O) groups is 2. The Morgan fingerprint density at radius 3 is 2.56 bits per heavy atom. The zero-order valence-corrected chi connectivity index (χ0v) is 14.2. The lowest BCUT2D eigenvalue weighted by Gasteiger charge is -2.12. The zero-order chi connectivity index (χ0) is 18.4. The van der Waals surface area contributed by atoms with E-state index in [1.54, 1.807) is 18.2 Å². The standard InChI is InChI=1S/C17H15ClFNO5/c1-23-11-4-6-14(15(8-11)24-2)20-16(21)9-25-17(22)12-7-10(19)3-5-13(12)18/h3-8H,9H2,1-2H3,(H,20,21). The minimum atomic E-state index is -0.902. The van der Waals surface area contributed by atoms with Crippen molar-refractivity contribution in [3.63, 3.8) is 0 Å². The Hall–Kier alpha value is -2.80. The van der Waals surface area contributed by atoms with E-state index in [1.165, 1.54) is 20.3 Å². The summed E-state index contributed by atoms with van der Waals surface area (Å²) in [6.45, 7) is -0.569. The highest BCUT2D eigenvalue weighted by Crippen LogP contribution is 2.29. The fourth-order valence-electron chi connectivity index (χ4n) is 1.95. The third-order valence-electron chi connectivity index (χ3n) is 3.17. The van der Waals surface area contributed by atoms with Crippen molar-refractivity contribution in [2.24, 2.45) is 0 Å². The molecule has 0 heterocycles. The van der Waals surface area contributed by atoms with Crippen molar-refractivity contribution in [1.82, 2.24) is 0 Å². The van der Waals surface area contributed by atoms with Crippen LogP contribution in [0.5, 0.6) is 11.5 Å². The molecule has 0 saturated carbocycles. The van der Waals surface area contributed by atoms with Crippen LogP contribution in [0.3, 0.4) is 0 Å². The predicted molar refractivity (Wildman–Crippen MR) is 89.9 cm³/mol. The molecule has 0 spiro atoms. The highest BCUT2D eigenvalue weighted by molar-refractivity contribution is 6.33. The Labute approximate surface area is 148 Å². The molecule has 0 bridgehead atoms. The average molecular weight is 368 g/mol. The van der Waals surface area contributed by atoms with Gasteiger partial charge in [0, 0.05) is 6.07 Å². The van der Waals surface area contributed by atoms with E-state index in [-0.39, 0.29) is 10.6 Å². The number of hydrogen-bond donors (Lipinski definition) is 1. The maximum absolute atomic E-state index is 13.2. The van der Waals surface area contributed by atoms with Crippen molar-refractivity contribution in [3.8, 4) is 11.5 Å². The summed E-state index contributed by atoms with van der Waals surface area (Å²) in [5.41, 5.74) is 0.227. The number of hydrogen-bond acceptors (Lipinski definition) is 5. The fourth-order valence-corrected chi connectivity index (χ4v) is 2.15. The third-order valence-corrected chi connectivity index (χ3v) is 3.50. The largest absolute Gasteiger partial charge is 0.497 e. The van der Waals surface area contributed by atoms with Crippen molar-refractivity contribution in [2.45, 2.75) is 0 Å². The Kier molecular flexibility index (Phi) is 6.19. The average Bonchev–Trinajstić information content (AvgIpc) is 2.62. The van der Waals surface area contributed by atoms with Gasteiger partial charge < -0.3 is 19.5 Å². The van der Waals surface area contributed by atoms with Gasteiger partial charge in [-0.15, -0.1) is 0 Å². The molecule has 132 valence electrons. The normalized spacial score (nSPS) is 10.1. The summed E-state index contributed by atoms with van der Waals surface area (Å²) in [6.07, 6.45) is 0. The van der Waals surface area contributed by atoms with Crippen LogP contribution in [0.2, 0.25) is 5.02 Å². The molecule has 0 atom stereocenters. The summed E-state index contributed by atoms with van der Waals surface area (Å²) in [5.74, 6) is -1.19. The highest BCUT2D eigenvalue weighted by Gasteiger charge is 2.16. The number of carbonyl (C=O) groups excluding carboxylic acids is 2. The lowest BCUT2D eigenvalue weighted by molar-refractivity contribution is -0.119. The smallest absolute Gasteiger partial charge is 0.340 e. The van der Waals surface area contributed by atoms with Crippen LogP contribution in [0.25, 0.3) is 0 Å². The zero-order valence-electron chi connectivity index (χ0n) is 13.5. The van der Waals surface area contributed by atoms with Crippen molar-refractivity contribution >= 4 is 29.2 Å². The molecule has 0 fully saturated rings. The molecule has 25 heavy (non-hydrogen) atoms. The second kappa shape index (κ2) is 8.34. The number of halogens is 2. The third kappa shape index (κ3) is 4.84. The van der Waals surface area contributed by atoms with Gasteiger partial charge in [-0.1, -0.05) is 11.6 Å². The van der Waals surface area contributed by atoms with Crippen molar-refractivity contribution in [2.75, 3.05) is 26.1 Å². The quantitative estimate of drug-likeness (QED) is 0.793. The first-order valence-corrected chi connectivity index (χ1v) is 7.46. The molecule has 0 saturated heterocycles. The van der Waals surface area contributed by atoms with Crippen LogP contribution in [0.1, 0.15) is 10.4 Å². The number of ether oxygens (including phenoxy) is 3. The molecule has 0 radical (unpaired) electrons. The number of amides is 1. The topological polar surface area (TPSA) is 73.9 Å². The van der Waals surface area contributed by atoms with Crippen LogP contribution in [-0.2, 0) is 9.53 Å². The summed E-state index contributed by atoms with van der Waals surface area (Å²) < 4.78 is 28.2. The van der Waals surface area contributed by atoms with Gasteiger partial charge in [0.05, 0.1) is 30.5 Å². The van der Waals surface area contributed by atoms with Gasteiger partial charge in [-0.3, -0.25) is 4.79 Å². The van der Waals surface area contributed by atoms with E-state index in [4.69, 9.17) is 25.8 Å². The minimum absolute atomic E-state index is 0.0311. The molecule has 0 aromatic heterocycles. The molecular formula is C17H15ClFNO5. The molecule has 6 nitrogen and oxygen atoms in total. The van der Waals surface area contributed by atoms with Gasteiger partial charge in [-0.2, -0.15) is 0 Å². The lowest BCUT2D eigenvalue weighted by atomic mass is 10.2. The van der Waals surface area contributed by atoms with Crippen LogP contribution >= 0.6 is 11.6 Å². The van der Waals surface area contributed by atoms with E-state index in [2.05, 4.69) is 5.32 Å². The fraction of sp³-hybridized carbons (Fsp3) is 0.176. The number of benzene rings is 2. The summed E-state index contributed by atoms with van der Waals surface area (Å²) >= 11 is 5.81. The second-order valence-electron chi connectivity index (χ2n) is 4.81. The molecule has 2 aromatic carbocycles. The van der Waals surface area contributed by atoms with Crippen molar-refractivity contribution < 1.29 is 28.2 Å². The van der Waals surface area contributed by atoms with Gasteiger partial charge >= 0.3 is 5.97 Å². The van der Waals surface area contributed by atoms with Crippen molar-refractivity contribution in [3.05, 3.63) is 52.8 Å². The number of nitrogens with one attached hydrogen (secondary N) is 1. The van der Waals surface area contributed by atoms with E-state index >= 15 is 0 Å². The Balaban J connectivity index is 1.99. The van der Waals surface area contributed by atoms with Crippen LogP contribution < -0.4 is 14.8 Å². The van der Waals surface area contributed by atoms with Crippen LogP contribution in [0, 0.1) is 5.82 Å². The van der Waals surface area contributed by atoms with E-state index in [1.807, 2.05) is 0 Å². The van der Waals surface area contributed by atoms with Gasteiger partial charge in [-0.25, -0.2) is 9.18 Å². The minimum Gasteiger partial charge on any atom is -0.497 e. The van der Waals surface area contributed by atoms with E-state index < -0.39 is 24.3 Å². The molecule has 1 N–H and O–H groups in total. The first-order valence-electron chi connectivity index (χ1n) is 7.08. The SMILES string of the molecule is COc1ccc(NC(=O)COC(=O)c2cc(F)ccc2Cl)c(OC)c1. The number of esters is 1. The summed E-state index contributed by atoms with van der Waals surface area (Å²) in [7, 11) is 2.94. The Bertz CT molecular complexity index is 797. The Morgan fingerprint density at radius 1 is 1.12 bits per heavy atom. The van der Waals surface area contributed by atoms with E-state index in [0.717, 1.165) is 12.1 Å². The lowest BCUT2D eigenvalue weighted by Crippen LogP contribution is -2.21. The molecule has 0 aliphatic carbocycles. The van der Waals surface area contributed by atoms with Gasteiger partial charge in [0.2, 0.25) is 0 Å². The molecular weight excluding hydrogens is 353 g/mol. The van der Waals surface area contributed by atoms with Gasteiger partial charge in [0.1, 0.15) is 17.3 Å². The second-order valence-corrected chi connectivity index (χ2v) is 5.22. The number of rotatable bonds is 6. The molecule has 8 heteroatoms. The van der Waals surface area contributed by atoms with Gasteiger partial charge in [0.15, 0.2) is 6.61 Å². The van der Waals surface area contributed by atoms with Gasteiger partial charge in [0.25, 0.3) is 5.91 Å². The van der Waals surface area contributed by atoms with Gasteiger partial charge in [-0.05, 0) is 30.3 Å². The molecule has 2 aromatic rings. The van der Waals surface area contributed by atoms with Crippen LogP contribution in [-0.4, -0.2) is 32.7 Å². The molecule has 1 amide bonds. The monoisotopic (exact) mass is 367 g/mol. The number of methoxy groups -OCH3 is 2. The molecule has 0 unspecified atom stereocenters. The Morgan fingerprint density at radius 2 is 1.88 bits per heavy atom. The summed E-state index contributed by atoms with van der Waals surface area (Å²) in [4.78, 5) is 23.8. The maximum Gasteiger partial charge on any atom is 0.340 e. The molecule has 2 rings (SSSR count). The van der Waals surface area contributed by atoms with Crippen molar-refractivity contribution in [1.29, 1.82) is 0 Å². The highest BCUT2D eigenvalue weighted by atomic mass is 35.5. The molecule has 0 aliphatic rings.